The third-order valence-corrected chi connectivity index (χ3v) is 4.89. The van der Waals surface area contributed by atoms with Crippen LogP contribution < -0.4 is 11.0 Å². The Morgan fingerprint density at radius 3 is 2.44 bits per heavy atom. The minimum atomic E-state index is -0.102. The van der Waals surface area contributed by atoms with Crippen molar-refractivity contribution < 1.29 is 4.79 Å². The number of fused-ring (bicyclic) bond motifs is 1. The standard InChI is InChI=1S/C19H20BrN3O2/c1-13(14-7-9-15(20)10-8-14)21-18(24)11-12-23-17-6-4-3-5-16(17)22(2)19(23)25/h3-10,13H,11-12H2,1-2H3,(H,21,24). The molecular weight excluding hydrogens is 382 g/mol. The number of imidazole rings is 1. The lowest BCUT2D eigenvalue weighted by Crippen LogP contribution is -2.29. The van der Waals surface area contributed by atoms with Gasteiger partial charge in [0.25, 0.3) is 0 Å². The average molecular weight is 402 g/mol. The number of nitrogens with zero attached hydrogens (tertiary/aromatic N) is 2. The Hall–Kier alpha value is -2.34. The first-order chi connectivity index (χ1) is 12.0. The molecule has 3 rings (SSSR count). The van der Waals surface area contributed by atoms with Crippen molar-refractivity contribution in [3.05, 3.63) is 69.1 Å². The second-order valence-corrected chi connectivity index (χ2v) is 6.99. The first-order valence-corrected chi connectivity index (χ1v) is 8.96. The van der Waals surface area contributed by atoms with Crippen LogP contribution in [0.3, 0.4) is 0 Å². The van der Waals surface area contributed by atoms with Gasteiger partial charge in [0.2, 0.25) is 5.91 Å². The topological polar surface area (TPSA) is 56.0 Å². The molecule has 2 aromatic carbocycles. The summed E-state index contributed by atoms with van der Waals surface area (Å²) in [6, 6.07) is 15.4. The number of para-hydroxylation sites is 2. The molecular formula is C19H20BrN3O2. The highest BCUT2D eigenvalue weighted by molar-refractivity contribution is 9.10. The van der Waals surface area contributed by atoms with E-state index in [1.807, 2.05) is 55.5 Å². The predicted octanol–water partition coefficient (Wildman–Crippen LogP) is 3.37. The van der Waals surface area contributed by atoms with Crippen LogP contribution >= 0.6 is 15.9 Å². The molecule has 0 bridgehead atoms. The van der Waals surface area contributed by atoms with Crippen molar-refractivity contribution >= 4 is 32.9 Å². The van der Waals surface area contributed by atoms with E-state index in [0.717, 1.165) is 21.1 Å². The summed E-state index contributed by atoms with van der Waals surface area (Å²) in [5.41, 5.74) is 2.66. The molecule has 1 amide bonds. The highest BCUT2D eigenvalue weighted by Crippen LogP contribution is 2.17. The van der Waals surface area contributed by atoms with E-state index in [0.29, 0.717) is 6.54 Å². The number of aryl methyl sites for hydroxylation is 2. The maximum atomic E-state index is 12.4. The van der Waals surface area contributed by atoms with E-state index in [1.165, 1.54) is 0 Å². The molecule has 1 N–H and O–H groups in total. The van der Waals surface area contributed by atoms with Gasteiger partial charge in [0.1, 0.15) is 0 Å². The average Bonchev–Trinajstić information content (AvgIpc) is 2.85. The zero-order chi connectivity index (χ0) is 18.0. The van der Waals surface area contributed by atoms with Crippen molar-refractivity contribution in [3.63, 3.8) is 0 Å². The van der Waals surface area contributed by atoms with Gasteiger partial charge in [0.05, 0.1) is 17.1 Å². The number of hydrogen-bond donors (Lipinski definition) is 1. The number of nitrogens with one attached hydrogen (secondary N) is 1. The fourth-order valence-electron chi connectivity index (χ4n) is 2.94. The number of carbonyl (C=O) groups excluding carboxylic acids is 1. The second kappa shape index (κ2) is 7.27. The molecule has 5 nitrogen and oxygen atoms in total. The summed E-state index contributed by atoms with van der Waals surface area (Å²) in [7, 11) is 1.75. The molecule has 130 valence electrons. The van der Waals surface area contributed by atoms with Crippen molar-refractivity contribution in [1.82, 2.24) is 14.5 Å². The first-order valence-electron chi connectivity index (χ1n) is 8.16. The largest absolute Gasteiger partial charge is 0.350 e. The van der Waals surface area contributed by atoms with Crippen LogP contribution in [-0.4, -0.2) is 15.0 Å². The van der Waals surface area contributed by atoms with Crippen LogP contribution in [0.2, 0.25) is 0 Å². The quantitative estimate of drug-likeness (QED) is 0.712. The zero-order valence-electron chi connectivity index (χ0n) is 14.2. The third kappa shape index (κ3) is 3.69. The van der Waals surface area contributed by atoms with Gasteiger partial charge in [-0.15, -0.1) is 0 Å². The third-order valence-electron chi connectivity index (χ3n) is 4.36. The summed E-state index contributed by atoms with van der Waals surface area (Å²) >= 11 is 3.40. The molecule has 0 fully saturated rings. The van der Waals surface area contributed by atoms with Crippen molar-refractivity contribution in [3.8, 4) is 0 Å². The van der Waals surface area contributed by atoms with Gasteiger partial charge in [0.15, 0.2) is 0 Å². The van der Waals surface area contributed by atoms with E-state index in [9.17, 15) is 9.59 Å². The Morgan fingerprint density at radius 2 is 1.76 bits per heavy atom. The van der Waals surface area contributed by atoms with Crippen LogP contribution in [0.25, 0.3) is 11.0 Å². The zero-order valence-corrected chi connectivity index (χ0v) is 15.8. The molecule has 0 aliphatic rings. The lowest BCUT2D eigenvalue weighted by molar-refractivity contribution is -0.121. The molecule has 0 aliphatic heterocycles. The molecule has 0 aliphatic carbocycles. The minimum absolute atomic E-state index is 0.0738. The molecule has 1 aromatic heterocycles. The first kappa shape index (κ1) is 17.5. The van der Waals surface area contributed by atoms with Gasteiger partial charge in [-0.2, -0.15) is 0 Å². The van der Waals surface area contributed by atoms with Gasteiger partial charge in [-0.3, -0.25) is 13.9 Å². The summed E-state index contributed by atoms with van der Waals surface area (Å²) in [5, 5.41) is 2.98. The Balaban J connectivity index is 1.68. The Morgan fingerprint density at radius 1 is 1.12 bits per heavy atom. The number of aromatic nitrogens is 2. The van der Waals surface area contributed by atoms with E-state index >= 15 is 0 Å². The van der Waals surface area contributed by atoms with E-state index < -0.39 is 0 Å². The predicted molar refractivity (Wildman–Crippen MR) is 102 cm³/mol. The maximum absolute atomic E-state index is 12.4. The molecule has 0 saturated heterocycles. The van der Waals surface area contributed by atoms with Gasteiger partial charge in [0, 0.05) is 24.5 Å². The van der Waals surface area contributed by atoms with Crippen LogP contribution in [0.1, 0.15) is 24.9 Å². The van der Waals surface area contributed by atoms with Gasteiger partial charge in [-0.05, 0) is 36.8 Å². The van der Waals surface area contributed by atoms with Crippen molar-refractivity contribution in [2.24, 2.45) is 7.05 Å². The monoisotopic (exact) mass is 401 g/mol. The molecule has 1 heterocycles. The Bertz CT molecular complexity index is 957. The van der Waals surface area contributed by atoms with E-state index in [-0.39, 0.29) is 24.1 Å². The summed E-state index contributed by atoms with van der Waals surface area (Å²) in [6.45, 7) is 2.31. The van der Waals surface area contributed by atoms with Gasteiger partial charge in [-0.25, -0.2) is 4.79 Å². The van der Waals surface area contributed by atoms with E-state index in [1.54, 1.807) is 16.2 Å². The summed E-state index contributed by atoms with van der Waals surface area (Å²) in [5.74, 6) is -0.0738. The fourth-order valence-corrected chi connectivity index (χ4v) is 3.21. The molecule has 6 heteroatoms. The molecule has 1 unspecified atom stereocenters. The normalized spacial score (nSPS) is 12.3. The Labute approximate surface area is 154 Å². The van der Waals surface area contributed by atoms with Crippen LogP contribution in [-0.2, 0) is 18.4 Å². The van der Waals surface area contributed by atoms with E-state index in [2.05, 4.69) is 21.2 Å². The van der Waals surface area contributed by atoms with Gasteiger partial charge < -0.3 is 5.32 Å². The second-order valence-electron chi connectivity index (χ2n) is 6.07. The van der Waals surface area contributed by atoms with Gasteiger partial charge in [-0.1, -0.05) is 40.2 Å². The van der Waals surface area contributed by atoms with Crippen molar-refractivity contribution in [1.29, 1.82) is 0 Å². The van der Waals surface area contributed by atoms with Crippen molar-refractivity contribution in [2.45, 2.75) is 25.9 Å². The van der Waals surface area contributed by atoms with Crippen LogP contribution in [0.4, 0.5) is 0 Å². The van der Waals surface area contributed by atoms with Crippen molar-refractivity contribution in [2.75, 3.05) is 0 Å². The number of amides is 1. The molecule has 25 heavy (non-hydrogen) atoms. The highest BCUT2D eigenvalue weighted by Gasteiger charge is 2.13. The fraction of sp³-hybridized carbons (Fsp3) is 0.263. The summed E-state index contributed by atoms with van der Waals surface area (Å²) in [6.07, 6.45) is 0.259. The lowest BCUT2D eigenvalue weighted by atomic mass is 10.1. The Kier molecular flexibility index (Phi) is 5.08. The smallest absolute Gasteiger partial charge is 0.328 e. The highest BCUT2D eigenvalue weighted by atomic mass is 79.9. The van der Waals surface area contributed by atoms with Crippen LogP contribution in [0.5, 0.6) is 0 Å². The molecule has 1 atom stereocenters. The van der Waals surface area contributed by atoms with Crippen LogP contribution in [0, 0.1) is 0 Å². The lowest BCUT2D eigenvalue weighted by Gasteiger charge is -2.14. The number of hydrogen-bond acceptors (Lipinski definition) is 2. The summed E-state index contributed by atoms with van der Waals surface area (Å²) in [4.78, 5) is 24.6. The number of halogens is 1. The number of rotatable bonds is 5. The molecule has 0 radical (unpaired) electrons. The van der Waals surface area contributed by atoms with Crippen LogP contribution in [0.15, 0.2) is 57.8 Å². The molecule has 3 aromatic rings. The molecule has 0 saturated carbocycles. The van der Waals surface area contributed by atoms with E-state index in [4.69, 9.17) is 0 Å². The number of benzene rings is 2. The summed E-state index contributed by atoms with van der Waals surface area (Å²) < 4.78 is 4.27. The number of carbonyl (C=O) groups is 1. The van der Waals surface area contributed by atoms with Gasteiger partial charge >= 0.3 is 5.69 Å². The maximum Gasteiger partial charge on any atom is 0.328 e. The molecule has 0 spiro atoms. The minimum Gasteiger partial charge on any atom is -0.350 e. The SMILES string of the molecule is CC(NC(=O)CCn1c(=O)n(C)c2ccccc21)c1ccc(Br)cc1.